The second kappa shape index (κ2) is 14.3. The number of nitrogens with zero attached hydrogens (tertiary/aromatic N) is 5. The topological polar surface area (TPSA) is 120 Å². The highest BCUT2D eigenvalue weighted by molar-refractivity contribution is 5.94. The Kier molecular flexibility index (Phi) is 9.91. The minimum atomic E-state index is -0.234. The minimum absolute atomic E-state index is 0.00831. The number of hydrogen-bond donors (Lipinski definition) is 2. The van der Waals surface area contributed by atoms with Crippen molar-refractivity contribution in [3.63, 3.8) is 0 Å². The van der Waals surface area contributed by atoms with Crippen LogP contribution in [0.5, 0.6) is 0 Å². The Balaban J connectivity index is 1.16. The Morgan fingerprint density at radius 2 is 1.55 bits per heavy atom. The van der Waals surface area contributed by atoms with Gasteiger partial charge in [0.15, 0.2) is 0 Å². The van der Waals surface area contributed by atoms with Gasteiger partial charge in [-0.2, -0.15) is 0 Å². The number of hydrogen-bond acceptors (Lipinski definition) is 6. The molecule has 0 bridgehead atoms. The number of imidazole rings is 2. The van der Waals surface area contributed by atoms with E-state index in [1.165, 1.54) is 7.11 Å². The number of carbonyl (C=O) groups is 2. The van der Waals surface area contributed by atoms with Crippen LogP contribution < -0.4 is 0 Å². The van der Waals surface area contributed by atoms with E-state index < -0.39 is 0 Å². The van der Waals surface area contributed by atoms with Gasteiger partial charge in [0.05, 0.1) is 47.3 Å². The molecule has 256 valence electrons. The van der Waals surface area contributed by atoms with Crippen molar-refractivity contribution in [2.24, 2.45) is 28.8 Å². The molecule has 2 amide bonds. The summed E-state index contributed by atoms with van der Waals surface area (Å²) in [4.78, 5) is 51.9. The summed E-state index contributed by atoms with van der Waals surface area (Å²) in [6.07, 6.45) is 4.34. The first-order valence-electron chi connectivity index (χ1n) is 17.4. The van der Waals surface area contributed by atoms with Crippen LogP contribution >= 0.6 is 0 Å². The van der Waals surface area contributed by atoms with E-state index in [1.807, 2.05) is 72.3 Å². The zero-order valence-corrected chi connectivity index (χ0v) is 29.6. The fourth-order valence-corrected chi connectivity index (χ4v) is 6.58. The molecule has 4 aromatic rings. The molecule has 4 heterocycles. The van der Waals surface area contributed by atoms with Crippen LogP contribution in [0.4, 0.5) is 0 Å². The third kappa shape index (κ3) is 7.12. The molecule has 49 heavy (non-hydrogen) atoms. The normalized spacial score (nSPS) is 19.9. The van der Waals surface area contributed by atoms with Gasteiger partial charge in [-0.1, -0.05) is 70.7 Å². The molecule has 4 atom stereocenters. The molecule has 10 nitrogen and oxygen atoms in total. The van der Waals surface area contributed by atoms with Crippen molar-refractivity contribution in [3.8, 4) is 23.1 Å². The first kappa shape index (κ1) is 34.0. The first-order valence-corrected chi connectivity index (χ1v) is 17.4. The van der Waals surface area contributed by atoms with Gasteiger partial charge in [-0.05, 0) is 60.6 Å². The zero-order chi connectivity index (χ0) is 34.8. The van der Waals surface area contributed by atoms with E-state index in [9.17, 15) is 9.59 Å². The maximum atomic E-state index is 13.4. The summed E-state index contributed by atoms with van der Waals surface area (Å²) in [6.45, 7) is 13.5. The molecule has 2 aromatic heterocycles. The molecule has 2 aliphatic heterocycles. The van der Waals surface area contributed by atoms with Crippen LogP contribution in [0.3, 0.4) is 0 Å². The van der Waals surface area contributed by atoms with Gasteiger partial charge < -0.3 is 24.6 Å². The SMILES string of the molecule is CON=C1C[C@@H](c2nc3ccc(C#Cc4ccc(-c5cnc([C@@H]6CCCN6C(=O)[C@@H](C)C(C)C)[nH]5)cc4)cc3[nH]2)N(C(=O)[C@@H](C)C(C)C)C1. The van der Waals surface area contributed by atoms with Crippen molar-refractivity contribution in [2.45, 2.75) is 72.9 Å². The zero-order valence-electron chi connectivity index (χ0n) is 29.6. The minimum Gasteiger partial charge on any atom is -0.399 e. The van der Waals surface area contributed by atoms with E-state index in [-0.39, 0.29) is 41.7 Å². The summed E-state index contributed by atoms with van der Waals surface area (Å²) < 4.78 is 0. The Hall–Kier alpha value is -4.91. The molecule has 2 aliphatic rings. The molecule has 2 fully saturated rings. The summed E-state index contributed by atoms with van der Waals surface area (Å²) in [5.74, 6) is 8.87. The molecule has 0 spiro atoms. The summed E-state index contributed by atoms with van der Waals surface area (Å²) in [7, 11) is 1.53. The standard InChI is InChI=1S/C39H47N7O3/c1-23(2)25(5)38(47)45-18-8-9-34(45)36-40-21-33(43-36)29-15-12-27(13-16-29)10-11-28-14-17-31-32(19-28)42-37(41-31)35-20-30(44-49-7)22-46(35)39(48)26(6)24(3)4/h12-17,19,21,23-26,34-35H,8-9,18,20,22H2,1-7H3,(H,40,43)(H,41,42)/t25-,26-,34-,35-/m0/s1. The van der Waals surface area contributed by atoms with Crippen LogP contribution in [0.1, 0.15) is 95.7 Å². The second-order valence-corrected chi connectivity index (χ2v) is 14.1. The number of aromatic amines is 2. The van der Waals surface area contributed by atoms with Crippen molar-refractivity contribution in [3.05, 3.63) is 71.4 Å². The van der Waals surface area contributed by atoms with E-state index in [0.717, 1.165) is 70.2 Å². The van der Waals surface area contributed by atoms with E-state index in [4.69, 9.17) is 9.82 Å². The lowest BCUT2D eigenvalue weighted by Gasteiger charge is -2.27. The van der Waals surface area contributed by atoms with Crippen LogP contribution in [-0.4, -0.2) is 67.5 Å². The van der Waals surface area contributed by atoms with Crippen LogP contribution in [0.2, 0.25) is 0 Å². The van der Waals surface area contributed by atoms with Crippen molar-refractivity contribution in [1.29, 1.82) is 0 Å². The molecular weight excluding hydrogens is 614 g/mol. The third-order valence-electron chi connectivity index (χ3n) is 10.3. The van der Waals surface area contributed by atoms with Gasteiger partial charge in [0, 0.05) is 35.9 Å². The van der Waals surface area contributed by atoms with E-state index >= 15 is 0 Å². The number of oxime groups is 1. The molecule has 0 unspecified atom stereocenters. The van der Waals surface area contributed by atoms with E-state index in [1.54, 1.807) is 0 Å². The van der Waals surface area contributed by atoms with Crippen molar-refractivity contribution >= 4 is 28.6 Å². The Labute approximate surface area is 288 Å². The summed E-state index contributed by atoms with van der Waals surface area (Å²) in [5, 5.41) is 4.16. The number of benzene rings is 2. The van der Waals surface area contributed by atoms with Gasteiger partial charge in [0.1, 0.15) is 18.8 Å². The number of fused-ring (bicyclic) bond motifs is 1. The van der Waals surface area contributed by atoms with Crippen molar-refractivity contribution in [2.75, 3.05) is 20.2 Å². The molecule has 0 aliphatic carbocycles. The smallest absolute Gasteiger partial charge is 0.226 e. The lowest BCUT2D eigenvalue weighted by atomic mass is 9.96. The molecule has 6 rings (SSSR count). The van der Waals surface area contributed by atoms with Gasteiger partial charge in [-0.3, -0.25) is 9.59 Å². The fourth-order valence-electron chi connectivity index (χ4n) is 6.58. The van der Waals surface area contributed by atoms with Crippen LogP contribution in [-0.2, 0) is 14.4 Å². The average Bonchev–Trinajstić information content (AvgIpc) is 3.91. The molecule has 10 heteroatoms. The molecule has 0 radical (unpaired) electrons. The Bertz CT molecular complexity index is 1910. The van der Waals surface area contributed by atoms with Crippen LogP contribution in [0, 0.1) is 35.5 Å². The number of rotatable bonds is 8. The van der Waals surface area contributed by atoms with Gasteiger partial charge in [0.25, 0.3) is 0 Å². The van der Waals surface area contributed by atoms with Gasteiger partial charge in [-0.15, -0.1) is 0 Å². The van der Waals surface area contributed by atoms with E-state index in [2.05, 4.69) is 59.6 Å². The third-order valence-corrected chi connectivity index (χ3v) is 10.3. The number of carbonyl (C=O) groups excluding carboxylic acids is 2. The van der Waals surface area contributed by atoms with Crippen LogP contribution in [0.15, 0.2) is 53.8 Å². The predicted octanol–water partition coefficient (Wildman–Crippen LogP) is 6.88. The summed E-state index contributed by atoms with van der Waals surface area (Å²) >= 11 is 0. The van der Waals surface area contributed by atoms with Gasteiger partial charge in [0.2, 0.25) is 11.8 Å². The highest BCUT2D eigenvalue weighted by atomic mass is 16.6. The van der Waals surface area contributed by atoms with E-state index in [0.29, 0.717) is 18.9 Å². The summed E-state index contributed by atoms with van der Waals surface area (Å²) in [6, 6.07) is 13.8. The molecule has 2 N–H and O–H groups in total. The second-order valence-electron chi connectivity index (χ2n) is 14.1. The number of likely N-dealkylation sites (tertiary alicyclic amines) is 2. The largest absolute Gasteiger partial charge is 0.399 e. The van der Waals surface area contributed by atoms with Crippen LogP contribution in [0.25, 0.3) is 22.3 Å². The number of amides is 2. The maximum absolute atomic E-state index is 13.4. The number of nitrogens with one attached hydrogen (secondary N) is 2. The Morgan fingerprint density at radius 3 is 2.24 bits per heavy atom. The molecule has 0 saturated carbocycles. The van der Waals surface area contributed by atoms with Crippen molar-refractivity contribution in [1.82, 2.24) is 29.7 Å². The quantitative estimate of drug-likeness (QED) is 0.158. The Morgan fingerprint density at radius 1 is 0.878 bits per heavy atom. The number of H-pyrrole nitrogens is 2. The monoisotopic (exact) mass is 661 g/mol. The lowest BCUT2D eigenvalue weighted by molar-refractivity contribution is -0.138. The maximum Gasteiger partial charge on any atom is 0.226 e. The molecule has 2 aromatic carbocycles. The summed E-state index contributed by atoms with van der Waals surface area (Å²) in [5.41, 5.74) is 6.22. The highest BCUT2D eigenvalue weighted by Crippen LogP contribution is 2.35. The lowest BCUT2D eigenvalue weighted by Crippen LogP contribution is -2.37. The van der Waals surface area contributed by atoms with Gasteiger partial charge >= 0.3 is 0 Å². The highest BCUT2D eigenvalue weighted by Gasteiger charge is 2.39. The average molecular weight is 662 g/mol. The van der Waals surface area contributed by atoms with Gasteiger partial charge in [-0.25, -0.2) is 9.97 Å². The first-order chi connectivity index (χ1) is 23.5. The van der Waals surface area contributed by atoms with Crippen molar-refractivity contribution < 1.29 is 14.4 Å². The molecular formula is C39H47N7O3. The fraction of sp³-hybridized carbons (Fsp3) is 0.462. The predicted molar refractivity (Wildman–Crippen MR) is 191 cm³/mol. The number of aromatic nitrogens is 4. The molecule has 2 saturated heterocycles.